The molecule has 1 N–H and O–H groups in total. The van der Waals surface area contributed by atoms with E-state index in [0.717, 1.165) is 0 Å². The van der Waals surface area contributed by atoms with Crippen molar-refractivity contribution in [2.45, 2.75) is 12.8 Å². The van der Waals surface area contributed by atoms with Crippen molar-refractivity contribution in [2.24, 2.45) is 0 Å². The van der Waals surface area contributed by atoms with Gasteiger partial charge in [-0.3, -0.25) is 4.79 Å². The molecule has 0 radical (unpaired) electrons. The van der Waals surface area contributed by atoms with Crippen molar-refractivity contribution >= 4 is 5.97 Å². The molecule has 88 valence electrons. The van der Waals surface area contributed by atoms with Crippen LogP contribution in [0.1, 0.15) is 18.4 Å². The molecule has 0 fully saturated rings. The molecule has 0 aliphatic carbocycles. The summed E-state index contributed by atoms with van der Waals surface area (Å²) in [6.07, 6.45) is 2.67. The van der Waals surface area contributed by atoms with Gasteiger partial charge in [0.25, 0.3) is 0 Å². The summed E-state index contributed by atoms with van der Waals surface area (Å²) in [5, 5.41) is 12.6. The maximum Gasteiger partial charge on any atom is 0.310 e. The highest BCUT2D eigenvalue weighted by molar-refractivity contribution is 5.75. The van der Waals surface area contributed by atoms with E-state index in [0.29, 0.717) is 5.56 Å². The Morgan fingerprint density at radius 3 is 2.82 bits per heavy atom. The van der Waals surface area contributed by atoms with Gasteiger partial charge < -0.3 is 5.11 Å². The Kier molecular flexibility index (Phi) is 2.86. The maximum absolute atomic E-state index is 13.8. The monoisotopic (exact) mass is 235 g/mol. The number of hydrogen-bond acceptors (Lipinski definition) is 3. The Bertz CT molecular complexity index is 540. The zero-order chi connectivity index (χ0) is 12.4. The Hall–Kier alpha value is -2.24. The number of halogens is 1. The molecule has 5 nitrogen and oxygen atoms in total. The van der Waals surface area contributed by atoms with Crippen LogP contribution < -0.4 is 0 Å². The molecule has 0 aliphatic heterocycles. The first-order valence-electron chi connectivity index (χ1n) is 4.97. The molecule has 0 saturated heterocycles. The van der Waals surface area contributed by atoms with Crippen LogP contribution in [0.4, 0.5) is 4.39 Å². The summed E-state index contributed by atoms with van der Waals surface area (Å²) in [6.45, 7) is 1.51. The van der Waals surface area contributed by atoms with Crippen LogP contribution in [-0.2, 0) is 4.79 Å². The van der Waals surface area contributed by atoms with Crippen LogP contribution in [0.2, 0.25) is 0 Å². The highest BCUT2D eigenvalue weighted by atomic mass is 19.1. The average Bonchev–Trinajstić information content (AvgIpc) is 2.81. The summed E-state index contributed by atoms with van der Waals surface area (Å²) < 4.78 is 15.0. The minimum atomic E-state index is -0.988. The molecule has 0 amide bonds. The topological polar surface area (TPSA) is 68.0 Å². The van der Waals surface area contributed by atoms with E-state index in [9.17, 15) is 9.18 Å². The normalized spacial score (nSPS) is 12.4. The van der Waals surface area contributed by atoms with Gasteiger partial charge >= 0.3 is 5.97 Å². The minimum absolute atomic E-state index is 0.240. The Morgan fingerprint density at radius 2 is 2.29 bits per heavy atom. The zero-order valence-corrected chi connectivity index (χ0v) is 9.04. The quantitative estimate of drug-likeness (QED) is 0.877. The molecule has 0 bridgehead atoms. The number of carboxylic acid groups (broad SMARTS) is 1. The molecule has 1 unspecified atom stereocenters. The van der Waals surface area contributed by atoms with Gasteiger partial charge in [0, 0.05) is 0 Å². The van der Waals surface area contributed by atoms with Gasteiger partial charge in [-0.15, -0.1) is 0 Å². The predicted molar refractivity (Wildman–Crippen MR) is 57.4 cm³/mol. The van der Waals surface area contributed by atoms with E-state index in [1.54, 1.807) is 6.07 Å². The summed E-state index contributed by atoms with van der Waals surface area (Å²) in [5.74, 6) is -2.26. The van der Waals surface area contributed by atoms with Gasteiger partial charge in [0.05, 0.1) is 5.92 Å². The third-order valence-electron chi connectivity index (χ3n) is 2.51. The Morgan fingerprint density at radius 1 is 1.53 bits per heavy atom. The van der Waals surface area contributed by atoms with Gasteiger partial charge in [0.2, 0.25) is 0 Å². The highest BCUT2D eigenvalue weighted by Crippen LogP contribution is 2.20. The number of carbonyl (C=O) groups is 1. The van der Waals surface area contributed by atoms with Crippen LogP contribution >= 0.6 is 0 Å². The van der Waals surface area contributed by atoms with Crippen LogP contribution in [0.25, 0.3) is 5.69 Å². The summed E-state index contributed by atoms with van der Waals surface area (Å²) in [5.41, 5.74) is 0.655. The zero-order valence-electron chi connectivity index (χ0n) is 9.04. The summed E-state index contributed by atoms with van der Waals surface area (Å²) in [7, 11) is 0. The molecular formula is C11H10FN3O2. The molecule has 1 aromatic carbocycles. The fourth-order valence-electron chi connectivity index (χ4n) is 1.45. The van der Waals surface area contributed by atoms with Gasteiger partial charge in [-0.25, -0.2) is 14.1 Å². The van der Waals surface area contributed by atoms with Crippen LogP contribution in [-0.4, -0.2) is 25.8 Å². The van der Waals surface area contributed by atoms with E-state index >= 15 is 0 Å². The standard InChI is InChI=1S/C11H10FN3O2/c1-7(11(16)17)8-2-3-10(9(12)4-8)15-6-13-5-14-15/h2-7H,1H3,(H,16,17). The number of hydrogen-bond donors (Lipinski definition) is 1. The molecule has 2 aromatic rings. The second-order valence-electron chi connectivity index (χ2n) is 3.61. The second kappa shape index (κ2) is 4.32. The molecule has 1 aromatic heterocycles. The third-order valence-corrected chi connectivity index (χ3v) is 2.51. The maximum atomic E-state index is 13.8. The minimum Gasteiger partial charge on any atom is -0.481 e. The Balaban J connectivity index is 2.39. The molecule has 1 heterocycles. The smallest absolute Gasteiger partial charge is 0.310 e. The van der Waals surface area contributed by atoms with E-state index in [4.69, 9.17) is 5.11 Å². The number of aliphatic carboxylic acids is 1. The van der Waals surface area contributed by atoms with E-state index in [1.807, 2.05) is 0 Å². The highest BCUT2D eigenvalue weighted by Gasteiger charge is 2.16. The number of nitrogens with zero attached hydrogens (tertiary/aromatic N) is 3. The van der Waals surface area contributed by atoms with Gasteiger partial charge in [-0.1, -0.05) is 6.07 Å². The van der Waals surface area contributed by atoms with Crippen molar-refractivity contribution in [1.29, 1.82) is 0 Å². The molecule has 0 aliphatic rings. The first-order valence-corrected chi connectivity index (χ1v) is 4.97. The van der Waals surface area contributed by atoms with Crippen molar-refractivity contribution in [3.8, 4) is 5.69 Å². The van der Waals surface area contributed by atoms with Crippen LogP contribution in [0.15, 0.2) is 30.9 Å². The average molecular weight is 235 g/mol. The van der Waals surface area contributed by atoms with Crippen LogP contribution in [0, 0.1) is 5.82 Å². The van der Waals surface area contributed by atoms with E-state index in [2.05, 4.69) is 10.1 Å². The molecule has 17 heavy (non-hydrogen) atoms. The molecule has 0 saturated carbocycles. The molecular weight excluding hydrogens is 225 g/mol. The number of aromatic nitrogens is 3. The SMILES string of the molecule is CC(C(=O)O)c1ccc(-n2cncn2)c(F)c1. The lowest BCUT2D eigenvalue weighted by Crippen LogP contribution is -2.08. The molecule has 6 heteroatoms. The molecule has 2 rings (SSSR count). The van der Waals surface area contributed by atoms with Gasteiger partial charge in [0.1, 0.15) is 24.2 Å². The van der Waals surface area contributed by atoms with Crippen molar-refractivity contribution in [3.05, 3.63) is 42.2 Å². The van der Waals surface area contributed by atoms with Gasteiger partial charge in [0.15, 0.2) is 0 Å². The molecule has 0 spiro atoms. The molecule has 1 atom stereocenters. The van der Waals surface area contributed by atoms with E-state index in [-0.39, 0.29) is 5.69 Å². The lowest BCUT2D eigenvalue weighted by molar-refractivity contribution is -0.138. The first-order chi connectivity index (χ1) is 8.09. The lowest BCUT2D eigenvalue weighted by Gasteiger charge is -2.08. The fraction of sp³-hybridized carbons (Fsp3) is 0.182. The lowest BCUT2D eigenvalue weighted by atomic mass is 10.0. The van der Waals surface area contributed by atoms with Crippen LogP contribution in [0.3, 0.4) is 0 Å². The fourth-order valence-corrected chi connectivity index (χ4v) is 1.45. The summed E-state index contributed by atoms with van der Waals surface area (Å²) >= 11 is 0. The van der Waals surface area contributed by atoms with Gasteiger partial charge in [-0.05, 0) is 24.6 Å². The third kappa shape index (κ3) is 2.15. The predicted octanol–water partition coefficient (Wildman–Crippen LogP) is 1.59. The summed E-state index contributed by atoms with van der Waals surface area (Å²) in [6, 6.07) is 4.26. The largest absolute Gasteiger partial charge is 0.481 e. The van der Waals surface area contributed by atoms with E-state index < -0.39 is 17.7 Å². The van der Waals surface area contributed by atoms with E-state index in [1.165, 1.54) is 36.4 Å². The number of carboxylic acids is 1. The van der Waals surface area contributed by atoms with Crippen molar-refractivity contribution < 1.29 is 14.3 Å². The number of rotatable bonds is 3. The van der Waals surface area contributed by atoms with Crippen molar-refractivity contribution in [3.63, 3.8) is 0 Å². The van der Waals surface area contributed by atoms with Crippen molar-refractivity contribution in [1.82, 2.24) is 14.8 Å². The van der Waals surface area contributed by atoms with Crippen molar-refractivity contribution in [2.75, 3.05) is 0 Å². The van der Waals surface area contributed by atoms with Crippen LogP contribution in [0.5, 0.6) is 0 Å². The summed E-state index contributed by atoms with van der Waals surface area (Å²) in [4.78, 5) is 14.5. The second-order valence-corrected chi connectivity index (χ2v) is 3.61. The number of benzene rings is 1. The van der Waals surface area contributed by atoms with Gasteiger partial charge in [-0.2, -0.15) is 5.10 Å². The first kappa shape index (κ1) is 11.3. The Labute approximate surface area is 96.5 Å².